The van der Waals surface area contributed by atoms with Crippen molar-refractivity contribution >= 4 is 11.6 Å². The number of hydrogen-bond donors (Lipinski definition) is 0. The van der Waals surface area contributed by atoms with Gasteiger partial charge in [-0.3, -0.25) is 4.90 Å². The first-order valence-electron chi connectivity index (χ1n) is 8.88. The minimum Gasteiger partial charge on any atom is -0.347 e. The van der Waals surface area contributed by atoms with Gasteiger partial charge in [-0.1, -0.05) is 30.3 Å². The van der Waals surface area contributed by atoms with Crippen molar-refractivity contribution in [2.45, 2.75) is 62.4 Å². The molecule has 0 N–H and O–H groups in total. The van der Waals surface area contributed by atoms with Crippen molar-refractivity contribution in [3.63, 3.8) is 0 Å². The van der Waals surface area contributed by atoms with Crippen molar-refractivity contribution in [3.8, 4) is 0 Å². The van der Waals surface area contributed by atoms with Gasteiger partial charge in [0, 0.05) is 36.8 Å². The lowest BCUT2D eigenvalue weighted by atomic mass is 9.81. The average Bonchev–Trinajstić information content (AvgIpc) is 3.14. The lowest BCUT2D eigenvalue weighted by Crippen LogP contribution is -2.48. The Labute approximate surface area is 143 Å². The lowest BCUT2D eigenvalue weighted by molar-refractivity contribution is -0.192. The molecular formula is C19H26ClNO2. The van der Waals surface area contributed by atoms with Gasteiger partial charge in [0.1, 0.15) is 0 Å². The van der Waals surface area contributed by atoms with E-state index in [9.17, 15) is 0 Å². The summed E-state index contributed by atoms with van der Waals surface area (Å²) in [6.07, 6.45) is 4.43. The van der Waals surface area contributed by atoms with E-state index in [-0.39, 0.29) is 11.2 Å². The Balaban J connectivity index is 1.57. The maximum Gasteiger partial charge on any atom is 0.170 e. The second-order valence-electron chi connectivity index (χ2n) is 7.32. The summed E-state index contributed by atoms with van der Waals surface area (Å²) in [4.78, 5) is 2.63. The average molecular weight is 336 g/mol. The van der Waals surface area contributed by atoms with Crippen molar-refractivity contribution in [1.82, 2.24) is 4.90 Å². The molecule has 0 bridgehead atoms. The highest BCUT2D eigenvalue weighted by Gasteiger charge is 2.52. The number of rotatable bonds is 3. The smallest absolute Gasteiger partial charge is 0.170 e. The van der Waals surface area contributed by atoms with E-state index in [1.807, 2.05) is 0 Å². The molecule has 1 aliphatic carbocycles. The molecule has 3 nitrogen and oxygen atoms in total. The van der Waals surface area contributed by atoms with Gasteiger partial charge in [0.05, 0.1) is 13.2 Å². The van der Waals surface area contributed by atoms with Crippen molar-refractivity contribution in [2.24, 2.45) is 5.92 Å². The third kappa shape index (κ3) is 3.05. The van der Waals surface area contributed by atoms with Crippen LogP contribution in [0.1, 0.15) is 38.2 Å². The molecule has 2 saturated heterocycles. The van der Waals surface area contributed by atoms with E-state index >= 15 is 0 Å². The largest absolute Gasteiger partial charge is 0.347 e. The monoisotopic (exact) mass is 335 g/mol. The quantitative estimate of drug-likeness (QED) is 0.784. The number of fused-ring (bicyclic) bond motifs is 1. The molecule has 0 amide bonds. The van der Waals surface area contributed by atoms with Gasteiger partial charge in [-0.05, 0) is 31.2 Å². The fourth-order valence-electron chi connectivity index (χ4n) is 4.78. The summed E-state index contributed by atoms with van der Waals surface area (Å²) in [7, 11) is 0. The van der Waals surface area contributed by atoms with Crippen LogP contribution in [0.3, 0.4) is 0 Å². The molecule has 0 unspecified atom stereocenters. The number of nitrogens with zero attached hydrogens (tertiary/aromatic N) is 1. The summed E-state index contributed by atoms with van der Waals surface area (Å²) in [6.45, 7) is 4.59. The molecule has 1 saturated carbocycles. The Morgan fingerprint density at radius 2 is 2.00 bits per heavy atom. The standard InChI is InChI=1S/C19H26ClNO2/c1-14(20)17-11-16-7-8-19(22-9-10-23-19)12-18(16)21(17)13-15-5-3-2-4-6-15/h2-6,14,16-18H,7-13H2,1H3/t14-,16-,17+,18-/m1/s1. The fraction of sp³-hybridized carbons (Fsp3) is 0.684. The second kappa shape index (κ2) is 6.36. The topological polar surface area (TPSA) is 21.7 Å². The number of benzene rings is 1. The van der Waals surface area contributed by atoms with Crippen LogP contribution in [0.25, 0.3) is 0 Å². The van der Waals surface area contributed by atoms with Gasteiger partial charge in [0.25, 0.3) is 0 Å². The first-order chi connectivity index (χ1) is 11.2. The molecule has 4 atom stereocenters. The van der Waals surface area contributed by atoms with E-state index in [0.29, 0.717) is 12.1 Å². The molecule has 1 aromatic rings. The van der Waals surface area contributed by atoms with E-state index in [1.165, 1.54) is 18.4 Å². The Kier molecular flexibility index (Phi) is 4.39. The van der Waals surface area contributed by atoms with E-state index < -0.39 is 0 Å². The Morgan fingerprint density at radius 3 is 2.70 bits per heavy atom. The highest BCUT2D eigenvalue weighted by Crippen LogP contribution is 2.47. The summed E-state index contributed by atoms with van der Waals surface area (Å²) in [6, 6.07) is 11.7. The molecule has 126 valence electrons. The first-order valence-corrected chi connectivity index (χ1v) is 9.32. The summed E-state index contributed by atoms with van der Waals surface area (Å²) < 4.78 is 12.0. The molecule has 3 fully saturated rings. The van der Waals surface area contributed by atoms with Crippen molar-refractivity contribution in [1.29, 1.82) is 0 Å². The van der Waals surface area contributed by atoms with Gasteiger partial charge >= 0.3 is 0 Å². The number of alkyl halides is 1. The number of hydrogen-bond acceptors (Lipinski definition) is 3. The van der Waals surface area contributed by atoms with Crippen LogP contribution in [0.5, 0.6) is 0 Å². The number of ether oxygens (including phenoxy) is 2. The third-order valence-corrected chi connectivity index (χ3v) is 6.20. The van der Waals surface area contributed by atoms with Crippen LogP contribution < -0.4 is 0 Å². The first kappa shape index (κ1) is 15.9. The SMILES string of the molecule is C[C@@H](Cl)[C@@H]1C[C@H]2CCC3(C[C@H]2N1Cc1ccccc1)OCCO3. The van der Waals surface area contributed by atoms with Crippen LogP contribution in [0.15, 0.2) is 30.3 Å². The maximum absolute atomic E-state index is 6.56. The van der Waals surface area contributed by atoms with Gasteiger partial charge in [0.2, 0.25) is 0 Å². The van der Waals surface area contributed by atoms with Crippen LogP contribution in [-0.4, -0.2) is 41.4 Å². The molecule has 2 aliphatic heterocycles. The lowest BCUT2D eigenvalue weighted by Gasteiger charge is -2.42. The molecule has 2 heterocycles. The zero-order valence-corrected chi connectivity index (χ0v) is 14.5. The van der Waals surface area contributed by atoms with Crippen LogP contribution >= 0.6 is 11.6 Å². The van der Waals surface area contributed by atoms with E-state index in [0.717, 1.165) is 38.5 Å². The molecule has 1 spiro atoms. The predicted molar refractivity (Wildman–Crippen MR) is 91.5 cm³/mol. The van der Waals surface area contributed by atoms with Gasteiger partial charge in [-0.25, -0.2) is 0 Å². The van der Waals surface area contributed by atoms with Gasteiger partial charge in [0.15, 0.2) is 5.79 Å². The highest BCUT2D eigenvalue weighted by molar-refractivity contribution is 6.20. The van der Waals surface area contributed by atoms with Crippen molar-refractivity contribution in [3.05, 3.63) is 35.9 Å². The van der Waals surface area contributed by atoms with Crippen LogP contribution in [-0.2, 0) is 16.0 Å². The Bertz CT molecular complexity index is 529. The summed E-state index contributed by atoms with van der Waals surface area (Å²) in [5.41, 5.74) is 1.36. The highest BCUT2D eigenvalue weighted by atomic mass is 35.5. The third-order valence-electron chi connectivity index (χ3n) is 5.91. The van der Waals surface area contributed by atoms with Crippen LogP contribution in [0, 0.1) is 5.92 Å². The second-order valence-corrected chi connectivity index (χ2v) is 8.00. The number of halogens is 1. The number of likely N-dealkylation sites (tertiary alicyclic amines) is 1. The Morgan fingerprint density at radius 1 is 1.26 bits per heavy atom. The minimum atomic E-state index is -0.319. The summed E-state index contributed by atoms with van der Waals surface area (Å²) >= 11 is 6.56. The van der Waals surface area contributed by atoms with Crippen LogP contribution in [0.4, 0.5) is 0 Å². The zero-order chi connectivity index (χ0) is 15.9. The molecule has 4 heteroatoms. The molecule has 3 aliphatic rings. The molecule has 4 rings (SSSR count). The van der Waals surface area contributed by atoms with E-state index in [2.05, 4.69) is 42.2 Å². The predicted octanol–water partition coefficient (Wildman–Crippen LogP) is 3.80. The van der Waals surface area contributed by atoms with Gasteiger partial charge in [-0.15, -0.1) is 11.6 Å². The molecule has 1 aromatic carbocycles. The Hall–Kier alpha value is -0.610. The molecule has 0 aromatic heterocycles. The zero-order valence-electron chi connectivity index (χ0n) is 13.8. The van der Waals surface area contributed by atoms with Crippen molar-refractivity contribution < 1.29 is 9.47 Å². The van der Waals surface area contributed by atoms with Gasteiger partial charge in [-0.2, -0.15) is 0 Å². The molecule has 23 heavy (non-hydrogen) atoms. The normalized spacial score (nSPS) is 34.6. The maximum atomic E-state index is 6.56. The summed E-state index contributed by atoms with van der Waals surface area (Å²) in [5.74, 6) is 0.406. The molecule has 0 radical (unpaired) electrons. The molecular weight excluding hydrogens is 310 g/mol. The van der Waals surface area contributed by atoms with E-state index in [1.54, 1.807) is 0 Å². The van der Waals surface area contributed by atoms with Gasteiger partial charge < -0.3 is 9.47 Å². The summed E-state index contributed by atoms with van der Waals surface area (Å²) in [5, 5.41) is 0.172. The van der Waals surface area contributed by atoms with E-state index in [4.69, 9.17) is 21.1 Å². The minimum absolute atomic E-state index is 0.172. The van der Waals surface area contributed by atoms with Crippen LogP contribution in [0.2, 0.25) is 0 Å². The van der Waals surface area contributed by atoms with Crippen molar-refractivity contribution in [2.75, 3.05) is 13.2 Å². The fourth-order valence-corrected chi connectivity index (χ4v) is 5.03.